The van der Waals surface area contributed by atoms with Crippen LogP contribution in [0.4, 0.5) is 0 Å². The van der Waals surface area contributed by atoms with E-state index in [4.69, 9.17) is 15.2 Å². The van der Waals surface area contributed by atoms with Gasteiger partial charge in [0, 0.05) is 12.2 Å². The summed E-state index contributed by atoms with van der Waals surface area (Å²) in [5, 5.41) is 0. The molecule has 0 fully saturated rings. The summed E-state index contributed by atoms with van der Waals surface area (Å²) in [6.07, 6.45) is 0.933. The lowest BCUT2D eigenvalue weighted by molar-refractivity contribution is 0.0408. The van der Waals surface area contributed by atoms with Gasteiger partial charge in [0.25, 0.3) is 0 Å². The second-order valence-corrected chi connectivity index (χ2v) is 4.17. The van der Waals surface area contributed by atoms with Crippen LogP contribution in [0.3, 0.4) is 0 Å². The van der Waals surface area contributed by atoms with Gasteiger partial charge in [-0.05, 0) is 26.3 Å². The van der Waals surface area contributed by atoms with Crippen molar-refractivity contribution < 1.29 is 9.47 Å². The number of benzene rings is 1. The summed E-state index contributed by atoms with van der Waals surface area (Å²) in [6.45, 7) is 6.81. The van der Waals surface area contributed by atoms with Gasteiger partial charge in [-0.3, -0.25) is 0 Å². The molecule has 17 heavy (non-hydrogen) atoms. The second-order valence-electron chi connectivity index (χ2n) is 4.17. The first kappa shape index (κ1) is 14.0. The molecule has 0 saturated carbocycles. The van der Waals surface area contributed by atoms with E-state index in [-0.39, 0.29) is 12.1 Å². The van der Waals surface area contributed by atoms with E-state index in [1.807, 2.05) is 19.1 Å². The van der Waals surface area contributed by atoms with Crippen LogP contribution >= 0.6 is 0 Å². The third kappa shape index (κ3) is 3.45. The Balaban J connectivity index is 2.99. The van der Waals surface area contributed by atoms with E-state index in [0.717, 1.165) is 17.7 Å². The molecule has 2 N–H and O–H groups in total. The Labute approximate surface area is 104 Å². The predicted octanol–water partition coefficient (Wildman–Crippen LogP) is 2.82. The van der Waals surface area contributed by atoms with Crippen LogP contribution in [0.1, 0.15) is 37.4 Å². The van der Waals surface area contributed by atoms with Crippen LogP contribution in [0.25, 0.3) is 0 Å². The second kappa shape index (κ2) is 6.62. The lowest BCUT2D eigenvalue weighted by Gasteiger charge is -2.24. The maximum absolute atomic E-state index is 6.28. The number of ether oxygens (including phenoxy) is 2. The Morgan fingerprint density at radius 3 is 2.53 bits per heavy atom. The molecule has 3 nitrogen and oxygen atoms in total. The summed E-state index contributed by atoms with van der Waals surface area (Å²) >= 11 is 0. The third-order valence-electron chi connectivity index (χ3n) is 2.93. The molecule has 1 aromatic rings. The van der Waals surface area contributed by atoms with Crippen LogP contribution in [0.2, 0.25) is 0 Å². The molecular weight excluding hydrogens is 214 g/mol. The fourth-order valence-electron chi connectivity index (χ4n) is 2.00. The fraction of sp³-hybridized carbons (Fsp3) is 0.571. The zero-order chi connectivity index (χ0) is 12.8. The van der Waals surface area contributed by atoms with E-state index in [0.29, 0.717) is 6.61 Å². The maximum atomic E-state index is 6.28. The molecule has 0 spiro atoms. The summed E-state index contributed by atoms with van der Waals surface area (Å²) in [6, 6.07) is 5.92. The highest BCUT2D eigenvalue weighted by molar-refractivity contribution is 5.39. The molecule has 0 aliphatic carbocycles. The van der Waals surface area contributed by atoms with Gasteiger partial charge in [0.15, 0.2) is 0 Å². The van der Waals surface area contributed by atoms with Crippen molar-refractivity contribution in [1.29, 1.82) is 0 Å². The molecule has 0 aliphatic rings. The standard InChI is InChI=1S/C14H23NO2/c1-5-12(17-6-2)14(15)11-9-10(3)7-8-13(11)16-4/h7-9,12,14H,5-6,15H2,1-4H3. The molecule has 2 unspecified atom stereocenters. The van der Waals surface area contributed by atoms with Crippen LogP contribution in [-0.4, -0.2) is 19.8 Å². The van der Waals surface area contributed by atoms with Crippen molar-refractivity contribution in [1.82, 2.24) is 0 Å². The van der Waals surface area contributed by atoms with E-state index in [9.17, 15) is 0 Å². The van der Waals surface area contributed by atoms with Crippen LogP contribution in [0, 0.1) is 6.92 Å². The molecule has 1 aromatic carbocycles. The average Bonchev–Trinajstić information content (AvgIpc) is 2.35. The highest BCUT2D eigenvalue weighted by Gasteiger charge is 2.21. The number of hydrogen-bond acceptors (Lipinski definition) is 3. The van der Waals surface area contributed by atoms with E-state index in [2.05, 4.69) is 19.9 Å². The van der Waals surface area contributed by atoms with Gasteiger partial charge in [0.2, 0.25) is 0 Å². The molecular formula is C14H23NO2. The van der Waals surface area contributed by atoms with Gasteiger partial charge in [-0.15, -0.1) is 0 Å². The minimum atomic E-state index is -0.144. The van der Waals surface area contributed by atoms with Crippen molar-refractivity contribution in [2.24, 2.45) is 5.73 Å². The van der Waals surface area contributed by atoms with E-state index in [1.165, 1.54) is 5.56 Å². The first-order chi connectivity index (χ1) is 8.13. The van der Waals surface area contributed by atoms with Crippen LogP contribution in [0.15, 0.2) is 18.2 Å². The molecule has 3 heteroatoms. The Kier molecular flexibility index (Phi) is 5.45. The predicted molar refractivity (Wildman–Crippen MR) is 70.4 cm³/mol. The van der Waals surface area contributed by atoms with Crippen molar-refractivity contribution in [2.45, 2.75) is 39.3 Å². The Hall–Kier alpha value is -1.06. The number of hydrogen-bond donors (Lipinski definition) is 1. The molecule has 0 saturated heterocycles. The minimum Gasteiger partial charge on any atom is -0.496 e. The number of methoxy groups -OCH3 is 1. The molecule has 0 heterocycles. The molecule has 0 aliphatic heterocycles. The van der Waals surface area contributed by atoms with Gasteiger partial charge < -0.3 is 15.2 Å². The summed E-state index contributed by atoms with van der Waals surface area (Å²) in [4.78, 5) is 0. The smallest absolute Gasteiger partial charge is 0.123 e. The summed E-state index contributed by atoms with van der Waals surface area (Å²) in [5.41, 5.74) is 8.48. The zero-order valence-corrected chi connectivity index (χ0v) is 11.2. The average molecular weight is 237 g/mol. The summed E-state index contributed by atoms with van der Waals surface area (Å²) in [5.74, 6) is 0.834. The normalized spacial score (nSPS) is 14.4. The number of nitrogens with two attached hydrogens (primary N) is 1. The van der Waals surface area contributed by atoms with Crippen molar-refractivity contribution in [3.63, 3.8) is 0 Å². The summed E-state index contributed by atoms with van der Waals surface area (Å²) < 4.78 is 11.0. The van der Waals surface area contributed by atoms with Gasteiger partial charge in [-0.2, -0.15) is 0 Å². The fourth-order valence-corrected chi connectivity index (χ4v) is 2.00. The first-order valence-electron chi connectivity index (χ1n) is 6.15. The zero-order valence-electron chi connectivity index (χ0n) is 11.2. The lowest BCUT2D eigenvalue weighted by Crippen LogP contribution is -2.29. The molecule has 1 rings (SSSR count). The van der Waals surface area contributed by atoms with Crippen LogP contribution in [0.5, 0.6) is 5.75 Å². The monoisotopic (exact) mass is 237 g/mol. The summed E-state index contributed by atoms with van der Waals surface area (Å²) in [7, 11) is 1.67. The van der Waals surface area contributed by atoms with Crippen molar-refractivity contribution in [3.8, 4) is 5.75 Å². The maximum Gasteiger partial charge on any atom is 0.123 e. The van der Waals surface area contributed by atoms with Gasteiger partial charge in [-0.1, -0.05) is 24.6 Å². The van der Waals surface area contributed by atoms with Gasteiger partial charge in [0.05, 0.1) is 19.3 Å². The van der Waals surface area contributed by atoms with Crippen LogP contribution in [-0.2, 0) is 4.74 Å². The van der Waals surface area contributed by atoms with Gasteiger partial charge in [0.1, 0.15) is 5.75 Å². The topological polar surface area (TPSA) is 44.5 Å². The van der Waals surface area contributed by atoms with E-state index < -0.39 is 0 Å². The number of aryl methyl sites for hydroxylation is 1. The van der Waals surface area contributed by atoms with Crippen molar-refractivity contribution in [2.75, 3.05) is 13.7 Å². The van der Waals surface area contributed by atoms with Crippen molar-refractivity contribution >= 4 is 0 Å². The van der Waals surface area contributed by atoms with Gasteiger partial charge >= 0.3 is 0 Å². The highest BCUT2D eigenvalue weighted by atomic mass is 16.5. The highest BCUT2D eigenvalue weighted by Crippen LogP contribution is 2.28. The van der Waals surface area contributed by atoms with Crippen LogP contribution < -0.4 is 10.5 Å². The van der Waals surface area contributed by atoms with Gasteiger partial charge in [-0.25, -0.2) is 0 Å². The quantitative estimate of drug-likeness (QED) is 0.827. The third-order valence-corrected chi connectivity index (χ3v) is 2.93. The van der Waals surface area contributed by atoms with E-state index >= 15 is 0 Å². The Morgan fingerprint density at radius 2 is 2.00 bits per heavy atom. The molecule has 96 valence electrons. The molecule has 0 radical (unpaired) electrons. The number of rotatable bonds is 6. The van der Waals surface area contributed by atoms with E-state index in [1.54, 1.807) is 7.11 Å². The molecule has 0 amide bonds. The largest absolute Gasteiger partial charge is 0.496 e. The minimum absolute atomic E-state index is 0.0377. The molecule has 2 atom stereocenters. The lowest BCUT2D eigenvalue weighted by atomic mass is 9.98. The van der Waals surface area contributed by atoms with Crippen molar-refractivity contribution in [3.05, 3.63) is 29.3 Å². The Bertz CT molecular complexity index is 352. The molecule has 0 aromatic heterocycles. The first-order valence-corrected chi connectivity index (χ1v) is 6.15. The Morgan fingerprint density at radius 1 is 1.29 bits per heavy atom. The SMILES string of the molecule is CCOC(CC)C(N)c1cc(C)ccc1OC. The molecule has 0 bridgehead atoms.